The highest BCUT2D eigenvalue weighted by Gasteiger charge is 2.04. The van der Waals surface area contributed by atoms with Crippen LogP contribution in [0.4, 0.5) is 0 Å². The lowest BCUT2D eigenvalue weighted by atomic mass is 10.2. The molecule has 0 saturated carbocycles. The van der Waals surface area contributed by atoms with E-state index >= 15 is 0 Å². The summed E-state index contributed by atoms with van der Waals surface area (Å²) in [6, 6.07) is 18.2. The monoisotopic (exact) mass is 327 g/mol. The molecule has 3 heteroatoms. The van der Waals surface area contributed by atoms with Crippen LogP contribution in [0.1, 0.15) is 11.3 Å². The number of hydrogen-bond donors (Lipinski definition) is 0. The number of benzene rings is 2. The fourth-order valence-corrected chi connectivity index (χ4v) is 2.79. The van der Waals surface area contributed by atoms with Crippen molar-refractivity contribution in [2.45, 2.75) is 13.5 Å². The highest BCUT2D eigenvalue weighted by molar-refractivity contribution is 9.10. The topological polar surface area (TPSA) is 22.1 Å². The molecule has 0 bridgehead atoms. The maximum Gasteiger partial charge on any atom is 0.122 e. The van der Waals surface area contributed by atoms with Gasteiger partial charge in [0.1, 0.15) is 12.4 Å². The van der Waals surface area contributed by atoms with Gasteiger partial charge < -0.3 is 4.74 Å². The average Bonchev–Trinajstić information content (AvgIpc) is 2.45. The fraction of sp³-hybridized carbons (Fsp3) is 0.118. The van der Waals surface area contributed by atoms with Crippen LogP contribution in [-0.2, 0) is 6.61 Å². The van der Waals surface area contributed by atoms with Crippen molar-refractivity contribution in [1.82, 2.24) is 4.98 Å². The first-order chi connectivity index (χ1) is 9.72. The van der Waals surface area contributed by atoms with Crippen molar-refractivity contribution in [2.75, 3.05) is 0 Å². The number of hydrogen-bond acceptors (Lipinski definition) is 2. The minimum absolute atomic E-state index is 0.569. The molecule has 0 radical (unpaired) electrons. The Bertz CT molecular complexity index is 741. The molecule has 0 saturated heterocycles. The van der Waals surface area contributed by atoms with Crippen LogP contribution in [0.3, 0.4) is 0 Å². The molecule has 0 spiro atoms. The summed E-state index contributed by atoms with van der Waals surface area (Å²) < 4.78 is 6.89. The number of aryl methyl sites for hydroxylation is 1. The van der Waals surface area contributed by atoms with Crippen molar-refractivity contribution >= 4 is 26.8 Å². The van der Waals surface area contributed by atoms with Gasteiger partial charge in [0.25, 0.3) is 0 Å². The largest absolute Gasteiger partial charge is 0.489 e. The summed E-state index contributed by atoms with van der Waals surface area (Å²) in [5.41, 5.74) is 3.10. The zero-order valence-corrected chi connectivity index (χ0v) is 12.7. The molecule has 100 valence electrons. The van der Waals surface area contributed by atoms with Crippen LogP contribution in [0, 0.1) is 6.92 Å². The summed E-state index contributed by atoms with van der Waals surface area (Å²) in [5.74, 6) is 0.839. The number of rotatable bonds is 3. The third-order valence-corrected chi connectivity index (χ3v) is 3.76. The molecule has 2 aromatic carbocycles. The molecule has 1 heterocycles. The molecular weight excluding hydrogens is 314 g/mol. The highest BCUT2D eigenvalue weighted by Crippen LogP contribution is 2.27. The van der Waals surface area contributed by atoms with E-state index in [9.17, 15) is 0 Å². The van der Waals surface area contributed by atoms with Gasteiger partial charge in [-0.1, -0.05) is 46.3 Å². The van der Waals surface area contributed by atoms with Gasteiger partial charge >= 0.3 is 0 Å². The van der Waals surface area contributed by atoms with Crippen LogP contribution in [0.15, 0.2) is 59.1 Å². The molecule has 1 aromatic heterocycles. The van der Waals surface area contributed by atoms with Gasteiger partial charge in [0.15, 0.2) is 0 Å². The van der Waals surface area contributed by atoms with Crippen LogP contribution in [0.2, 0.25) is 0 Å². The Morgan fingerprint density at radius 1 is 1.05 bits per heavy atom. The third-order valence-electron chi connectivity index (χ3n) is 3.11. The van der Waals surface area contributed by atoms with Crippen molar-refractivity contribution in [2.24, 2.45) is 0 Å². The minimum Gasteiger partial charge on any atom is -0.489 e. The standard InChI is InChI=1S/C17H14BrNO/c1-12-9-16(18)15-8-7-14(10-17(15)19-12)20-11-13-5-3-2-4-6-13/h2-10H,11H2,1H3. The molecule has 0 aliphatic rings. The van der Waals surface area contributed by atoms with E-state index in [2.05, 4.69) is 33.0 Å². The molecule has 0 amide bonds. The molecule has 0 N–H and O–H groups in total. The molecule has 2 nitrogen and oxygen atoms in total. The summed E-state index contributed by atoms with van der Waals surface area (Å²) in [6.45, 7) is 2.56. The predicted octanol–water partition coefficient (Wildman–Crippen LogP) is 4.88. The van der Waals surface area contributed by atoms with Crippen molar-refractivity contribution in [1.29, 1.82) is 0 Å². The van der Waals surface area contributed by atoms with E-state index in [4.69, 9.17) is 4.74 Å². The number of aromatic nitrogens is 1. The van der Waals surface area contributed by atoms with Gasteiger partial charge in [-0.3, -0.25) is 4.98 Å². The maximum absolute atomic E-state index is 5.82. The molecule has 0 fully saturated rings. The van der Waals surface area contributed by atoms with Crippen LogP contribution >= 0.6 is 15.9 Å². The average molecular weight is 328 g/mol. The smallest absolute Gasteiger partial charge is 0.122 e. The van der Waals surface area contributed by atoms with Crippen LogP contribution in [0.5, 0.6) is 5.75 Å². The van der Waals surface area contributed by atoms with Gasteiger partial charge in [-0.2, -0.15) is 0 Å². The molecule has 3 rings (SSSR count). The number of nitrogens with zero attached hydrogens (tertiary/aromatic N) is 1. The van der Waals surface area contributed by atoms with Gasteiger partial charge in [0, 0.05) is 21.6 Å². The maximum atomic E-state index is 5.82. The van der Waals surface area contributed by atoms with Gasteiger partial charge in [-0.15, -0.1) is 0 Å². The van der Waals surface area contributed by atoms with Gasteiger partial charge in [0.05, 0.1) is 5.52 Å². The quantitative estimate of drug-likeness (QED) is 0.683. The van der Waals surface area contributed by atoms with Crippen LogP contribution in [-0.4, -0.2) is 4.98 Å². The van der Waals surface area contributed by atoms with Gasteiger partial charge in [-0.25, -0.2) is 0 Å². The Balaban J connectivity index is 1.86. The molecule has 0 atom stereocenters. The predicted molar refractivity (Wildman–Crippen MR) is 85.0 cm³/mol. The SMILES string of the molecule is Cc1cc(Br)c2ccc(OCc3ccccc3)cc2n1. The highest BCUT2D eigenvalue weighted by atomic mass is 79.9. The van der Waals surface area contributed by atoms with Crippen molar-refractivity contribution in [3.8, 4) is 5.75 Å². The lowest BCUT2D eigenvalue weighted by Gasteiger charge is -2.08. The fourth-order valence-electron chi connectivity index (χ4n) is 2.12. The molecule has 0 unspecified atom stereocenters. The number of halogens is 1. The number of ether oxygens (including phenoxy) is 1. The normalized spacial score (nSPS) is 10.7. The summed E-state index contributed by atoms with van der Waals surface area (Å²) in [5, 5.41) is 1.10. The Hall–Kier alpha value is -1.87. The zero-order valence-electron chi connectivity index (χ0n) is 11.1. The Labute approximate surface area is 126 Å². The van der Waals surface area contributed by atoms with Crippen molar-refractivity contribution in [3.05, 3.63) is 70.3 Å². The minimum atomic E-state index is 0.569. The van der Waals surface area contributed by atoms with E-state index in [0.29, 0.717) is 6.61 Å². The van der Waals surface area contributed by atoms with E-state index < -0.39 is 0 Å². The lowest BCUT2D eigenvalue weighted by Crippen LogP contribution is -1.95. The molecule has 20 heavy (non-hydrogen) atoms. The second kappa shape index (κ2) is 5.63. The summed E-state index contributed by atoms with van der Waals surface area (Å²) in [6.07, 6.45) is 0. The Morgan fingerprint density at radius 3 is 2.65 bits per heavy atom. The first kappa shape index (κ1) is 13.1. The summed E-state index contributed by atoms with van der Waals surface area (Å²) in [4.78, 5) is 4.54. The van der Waals surface area contributed by atoms with Crippen LogP contribution in [0.25, 0.3) is 10.9 Å². The number of pyridine rings is 1. The molecule has 0 aliphatic carbocycles. The van der Waals surface area contributed by atoms with Crippen LogP contribution < -0.4 is 4.74 Å². The van der Waals surface area contributed by atoms with Crippen molar-refractivity contribution < 1.29 is 4.74 Å². The van der Waals surface area contributed by atoms with Crippen molar-refractivity contribution in [3.63, 3.8) is 0 Å². The van der Waals surface area contributed by atoms with E-state index in [-0.39, 0.29) is 0 Å². The first-order valence-corrected chi connectivity index (χ1v) is 7.25. The van der Waals surface area contributed by atoms with E-state index in [1.165, 1.54) is 0 Å². The zero-order chi connectivity index (χ0) is 13.9. The second-order valence-corrected chi connectivity index (χ2v) is 5.55. The third kappa shape index (κ3) is 2.83. The summed E-state index contributed by atoms with van der Waals surface area (Å²) in [7, 11) is 0. The van der Waals surface area contributed by atoms with E-state index in [1.807, 2.05) is 49.4 Å². The Kier molecular flexibility index (Phi) is 3.70. The molecule has 0 aliphatic heterocycles. The van der Waals surface area contributed by atoms with Gasteiger partial charge in [-0.05, 0) is 30.7 Å². The molecule has 3 aromatic rings. The molecular formula is C17H14BrNO. The Morgan fingerprint density at radius 2 is 1.85 bits per heavy atom. The van der Waals surface area contributed by atoms with E-state index in [1.54, 1.807) is 0 Å². The number of fused-ring (bicyclic) bond motifs is 1. The lowest BCUT2D eigenvalue weighted by molar-refractivity contribution is 0.306. The summed E-state index contributed by atoms with van der Waals surface area (Å²) >= 11 is 3.57. The second-order valence-electron chi connectivity index (χ2n) is 4.70. The van der Waals surface area contributed by atoms with Gasteiger partial charge in [0.2, 0.25) is 0 Å². The first-order valence-electron chi connectivity index (χ1n) is 6.46. The van der Waals surface area contributed by atoms with E-state index in [0.717, 1.165) is 32.4 Å².